The molecule has 0 aliphatic carbocycles. The second-order valence-corrected chi connectivity index (χ2v) is 6.86. The van der Waals surface area contributed by atoms with Crippen molar-refractivity contribution in [3.8, 4) is 5.69 Å². The number of aryl methyl sites for hydroxylation is 2. The minimum Gasteiger partial charge on any atom is -0.378 e. The van der Waals surface area contributed by atoms with Gasteiger partial charge in [0, 0.05) is 25.4 Å². The van der Waals surface area contributed by atoms with Crippen molar-refractivity contribution in [3.63, 3.8) is 0 Å². The fourth-order valence-electron chi connectivity index (χ4n) is 3.33. The molecule has 0 atom stereocenters. The number of benzene rings is 1. The molecule has 0 radical (unpaired) electrons. The van der Waals surface area contributed by atoms with E-state index in [9.17, 15) is 4.79 Å². The Bertz CT molecular complexity index is 768. The number of ether oxygens (including phenoxy) is 1. The minimum absolute atomic E-state index is 0. The molecule has 0 saturated carbocycles. The van der Waals surface area contributed by atoms with E-state index >= 15 is 0 Å². The van der Waals surface area contributed by atoms with Crippen molar-refractivity contribution in [1.82, 2.24) is 14.7 Å². The Morgan fingerprint density at radius 3 is 2.54 bits per heavy atom. The van der Waals surface area contributed by atoms with Gasteiger partial charge in [-0.2, -0.15) is 5.10 Å². The summed E-state index contributed by atoms with van der Waals surface area (Å²) in [5, 5.41) is 4.96. The molecule has 1 aromatic heterocycles. The monoisotopic (exact) mass is 397 g/mol. The number of carbonyl (C=O) groups excluding carboxylic acids is 1. The molecule has 1 fully saturated rings. The fourth-order valence-corrected chi connectivity index (χ4v) is 3.53. The number of aromatic nitrogens is 2. The van der Waals surface area contributed by atoms with Gasteiger partial charge in [-0.15, -0.1) is 12.4 Å². The average molecular weight is 398 g/mol. The predicted molar refractivity (Wildman–Crippen MR) is 106 cm³/mol. The largest absolute Gasteiger partial charge is 0.378 e. The third kappa shape index (κ3) is 4.40. The van der Waals surface area contributed by atoms with Crippen LogP contribution in [0.4, 0.5) is 0 Å². The molecule has 0 unspecified atom stereocenters. The molecular weight excluding hydrogens is 373 g/mol. The zero-order valence-corrected chi connectivity index (χ0v) is 16.9. The molecule has 1 aromatic carbocycles. The number of hydrogen-bond acceptors (Lipinski definition) is 3. The lowest BCUT2D eigenvalue weighted by Crippen LogP contribution is -2.41. The van der Waals surface area contributed by atoms with Crippen LogP contribution in [0.1, 0.15) is 41.5 Å². The summed E-state index contributed by atoms with van der Waals surface area (Å²) in [6.07, 6.45) is 1.99. The van der Waals surface area contributed by atoms with E-state index in [1.165, 1.54) is 0 Å². The maximum atomic E-state index is 12.9. The van der Waals surface area contributed by atoms with Crippen LogP contribution in [0.2, 0.25) is 5.02 Å². The summed E-state index contributed by atoms with van der Waals surface area (Å²) in [6.45, 7) is 8.06. The van der Waals surface area contributed by atoms with Crippen molar-refractivity contribution < 1.29 is 9.53 Å². The Balaban J connectivity index is 0.00000243. The van der Waals surface area contributed by atoms with Gasteiger partial charge in [-0.05, 0) is 57.9 Å². The van der Waals surface area contributed by atoms with E-state index in [-0.39, 0.29) is 24.4 Å². The van der Waals surface area contributed by atoms with Crippen LogP contribution in [0.25, 0.3) is 5.69 Å². The van der Waals surface area contributed by atoms with E-state index in [0.717, 1.165) is 36.5 Å². The first-order valence-electron chi connectivity index (χ1n) is 8.73. The summed E-state index contributed by atoms with van der Waals surface area (Å²) >= 11 is 6.32. The van der Waals surface area contributed by atoms with Crippen molar-refractivity contribution in [2.45, 2.75) is 39.7 Å². The van der Waals surface area contributed by atoms with Gasteiger partial charge in [0.15, 0.2) is 0 Å². The number of likely N-dealkylation sites (tertiary alicyclic amines) is 1. The Kier molecular flexibility index (Phi) is 7.09. The molecule has 1 aliphatic rings. The Hall–Kier alpha value is -1.56. The predicted octanol–water partition coefficient (Wildman–Crippen LogP) is 4.21. The van der Waals surface area contributed by atoms with Gasteiger partial charge in [-0.3, -0.25) is 4.79 Å². The van der Waals surface area contributed by atoms with Gasteiger partial charge in [0.1, 0.15) is 0 Å². The van der Waals surface area contributed by atoms with E-state index < -0.39 is 0 Å². The van der Waals surface area contributed by atoms with Crippen LogP contribution in [0, 0.1) is 13.8 Å². The van der Waals surface area contributed by atoms with Gasteiger partial charge in [0.25, 0.3) is 5.91 Å². The maximum Gasteiger partial charge on any atom is 0.255 e. The number of piperidine rings is 1. The number of nitrogens with zero attached hydrogens (tertiary/aromatic N) is 3. The van der Waals surface area contributed by atoms with Crippen LogP contribution in [0.15, 0.2) is 24.3 Å². The molecule has 1 saturated heterocycles. The molecule has 0 N–H and O–H groups in total. The molecule has 7 heteroatoms. The Morgan fingerprint density at radius 2 is 1.96 bits per heavy atom. The second-order valence-electron chi connectivity index (χ2n) is 6.45. The third-order valence-corrected chi connectivity index (χ3v) is 4.90. The molecule has 5 nitrogen and oxygen atoms in total. The normalized spacial score (nSPS) is 15.0. The summed E-state index contributed by atoms with van der Waals surface area (Å²) in [4.78, 5) is 14.8. The quantitative estimate of drug-likeness (QED) is 0.776. The minimum atomic E-state index is -0.0247. The summed E-state index contributed by atoms with van der Waals surface area (Å²) in [5.41, 5.74) is 3.35. The van der Waals surface area contributed by atoms with Crippen LogP contribution in [0.5, 0.6) is 0 Å². The molecule has 2 heterocycles. The summed E-state index contributed by atoms with van der Waals surface area (Å²) in [6, 6.07) is 7.50. The lowest BCUT2D eigenvalue weighted by Gasteiger charge is -2.32. The van der Waals surface area contributed by atoms with Gasteiger partial charge in [-0.25, -0.2) is 4.68 Å². The smallest absolute Gasteiger partial charge is 0.255 e. The number of halogens is 2. The molecule has 26 heavy (non-hydrogen) atoms. The zero-order chi connectivity index (χ0) is 18.0. The van der Waals surface area contributed by atoms with Crippen LogP contribution < -0.4 is 0 Å². The SMILES string of the molecule is CCOC1CCN(C(=O)c2cc(-n3nc(C)cc3C)ccc2Cl)CC1.Cl. The van der Waals surface area contributed by atoms with Gasteiger partial charge >= 0.3 is 0 Å². The average Bonchev–Trinajstić information content (AvgIpc) is 2.94. The standard InChI is InChI=1S/C19H24ClN3O2.ClH/c1-4-25-16-7-9-22(10-8-16)19(24)17-12-15(5-6-18(17)20)23-14(3)11-13(2)21-23;/h5-6,11-12,16H,4,7-10H2,1-3H3;1H. The van der Waals surface area contributed by atoms with E-state index in [1.807, 2.05) is 48.6 Å². The van der Waals surface area contributed by atoms with E-state index in [4.69, 9.17) is 16.3 Å². The summed E-state index contributed by atoms with van der Waals surface area (Å²) < 4.78 is 7.49. The van der Waals surface area contributed by atoms with E-state index in [0.29, 0.717) is 23.7 Å². The van der Waals surface area contributed by atoms with Crippen LogP contribution in [0.3, 0.4) is 0 Å². The molecule has 1 amide bonds. The van der Waals surface area contributed by atoms with Gasteiger partial charge in [-0.1, -0.05) is 11.6 Å². The highest BCUT2D eigenvalue weighted by atomic mass is 35.5. The number of amides is 1. The number of carbonyl (C=O) groups is 1. The molecular formula is C19H25Cl2N3O2. The van der Waals surface area contributed by atoms with Crippen LogP contribution in [-0.2, 0) is 4.74 Å². The Morgan fingerprint density at radius 1 is 1.27 bits per heavy atom. The lowest BCUT2D eigenvalue weighted by molar-refractivity contribution is 0.0146. The molecule has 2 aromatic rings. The van der Waals surface area contributed by atoms with E-state index in [1.54, 1.807) is 6.07 Å². The number of hydrogen-bond donors (Lipinski definition) is 0. The number of rotatable bonds is 4. The van der Waals surface area contributed by atoms with Crippen molar-refractivity contribution in [3.05, 3.63) is 46.2 Å². The molecule has 142 valence electrons. The highest BCUT2D eigenvalue weighted by molar-refractivity contribution is 6.33. The van der Waals surface area contributed by atoms with Crippen molar-refractivity contribution >= 4 is 29.9 Å². The molecule has 0 bridgehead atoms. The van der Waals surface area contributed by atoms with Crippen LogP contribution >= 0.6 is 24.0 Å². The van der Waals surface area contributed by atoms with Crippen molar-refractivity contribution in [2.75, 3.05) is 19.7 Å². The Labute approximate surface area is 165 Å². The zero-order valence-electron chi connectivity index (χ0n) is 15.4. The van der Waals surface area contributed by atoms with E-state index in [2.05, 4.69) is 5.10 Å². The fraction of sp³-hybridized carbons (Fsp3) is 0.474. The third-order valence-electron chi connectivity index (χ3n) is 4.57. The van der Waals surface area contributed by atoms with Gasteiger partial charge in [0.05, 0.1) is 28.1 Å². The van der Waals surface area contributed by atoms with Crippen LogP contribution in [-0.4, -0.2) is 46.4 Å². The lowest BCUT2D eigenvalue weighted by atomic mass is 10.1. The van der Waals surface area contributed by atoms with Gasteiger partial charge in [0.2, 0.25) is 0 Å². The summed E-state index contributed by atoms with van der Waals surface area (Å²) in [7, 11) is 0. The second kappa shape index (κ2) is 8.89. The topological polar surface area (TPSA) is 47.4 Å². The molecule has 3 rings (SSSR count). The molecule has 0 spiro atoms. The van der Waals surface area contributed by atoms with Gasteiger partial charge < -0.3 is 9.64 Å². The maximum absolute atomic E-state index is 12.9. The summed E-state index contributed by atoms with van der Waals surface area (Å²) in [5.74, 6) is -0.0247. The van der Waals surface area contributed by atoms with Crippen molar-refractivity contribution in [2.24, 2.45) is 0 Å². The first-order chi connectivity index (χ1) is 12.0. The first kappa shape index (κ1) is 20.7. The van der Waals surface area contributed by atoms with Crippen molar-refractivity contribution in [1.29, 1.82) is 0 Å². The molecule has 1 aliphatic heterocycles. The first-order valence-corrected chi connectivity index (χ1v) is 9.11. The highest BCUT2D eigenvalue weighted by Gasteiger charge is 2.25. The highest BCUT2D eigenvalue weighted by Crippen LogP contribution is 2.24.